The van der Waals surface area contributed by atoms with Crippen molar-refractivity contribution >= 4 is 28.5 Å². The molecule has 7 nitrogen and oxygen atoms in total. The van der Waals surface area contributed by atoms with Crippen LogP contribution in [0.1, 0.15) is 62.3 Å². The van der Waals surface area contributed by atoms with Gasteiger partial charge in [-0.15, -0.1) is 0 Å². The molecular formula is C29H36ClN3O4. The lowest BCUT2D eigenvalue weighted by atomic mass is 9.71. The molecule has 0 amide bonds. The number of piperidine rings is 1. The first-order chi connectivity index (χ1) is 17.9. The fraction of sp³-hybridized carbons (Fsp3) is 0.483. The second-order valence-corrected chi connectivity index (χ2v) is 10.6. The number of methoxy groups -OCH3 is 1. The average Bonchev–Trinajstić information content (AvgIpc) is 2.90. The van der Waals surface area contributed by atoms with Gasteiger partial charge in [-0.25, -0.2) is 0 Å². The standard InChI is InChI=1S/C29H36ClN3O4/c1-37-22-8-9-25-23(18-22)28(24(30)20-32-25)26(34)10-11-29(19-27(35)36)12-16-33(17-13-29)15-5-3-7-21-6-2-4-14-31-21/h2,4,6,8-9,14,18,20,26,34H,3,5,7,10-13,15-17,19H2,1H3,(H,35,36). The Kier molecular flexibility index (Phi) is 9.35. The van der Waals surface area contributed by atoms with E-state index in [4.69, 9.17) is 16.3 Å². The number of ether oxygens (including phenoxy) is 1. The van der Waals surface area contributed by atoms with Crippen molar-refractivity contribution in [3.63, 3.8) is 0 Å². The SMILES string of the molecule is COc1ccc2ncc(Cl)c(C(O)CCC3(CC(=O)O)CCN(CCCCc4ccccn4)CC3)c2c1. The average molecular weight is 526 g/mol. The van der Waals surface area contributed by atoms with Crippen LogP contribution in [0.3, 0.4) is 0 Å². The maximum absolute atomic E-state index is 11.8. The van der Waals surface area contributed by atoms with E-state index in [0.717, 1.165) is 68.3 Å². The maximum atomic E-state index is 11.8. The number of aryl methyl sites for hydroxylation is 1. The third-order valence-electron chi connectivity index (χ3n) is 7.68. The first-order valence-corrected chi connectivity index (χ1v) is 13.4. The lowest BCUT2D eigenvalue weighted by Gasteiger charge is -2.41. The van der Waals surface area contributed by atoms with E-state index >= 15 is 0 Å². The number of carboxylic acids is 1. The van der Waals surface area contributed by atoms with Gasteiger partial charge in [-0.3, -0.25) is 14.8 Å². The molecule has 0 aliphatic carbocycles. The minimum absolute atomic E-state index is 0.117. The molecule has 1 aliphatic heterocycles. The van der Waals surface area contributed by atoms with Gasteiger partial charge in [0.15, 0.2) is 0 Å². The Labute approximate surface area is 223 Å². The Morgan fingerprint density at radius 1 is 1.19 bits per heavy atom. The van der Waals surface area contributed by atoms with Gasteiger partial charge < -0.3 is 19.8 Å². The normalized spacial score (nSPS) is 16.5. The molecule has 4 rings (SSSR count). The predicted molar refractivity (Wildman–Crippen MR) is 145 cm³/mol. The summed E-state index contributed by atoms with van der Waals surface area (Å²) in [5, 5.41) is 22.1. The van der Waals surface area contributed by atoms with Crippen LogP contribution in [0.5, 0.6) is 5.75 Å². The van der Waals surface area contributed by atoms with Crippen molar-refractivity contribution in [1.29, 1.82) is 0 Å². The van der Waals surface area contributed by atoms with Crippen molar-refractivity contribution in [2.75, 3.05) is 26.7 Å². The van der Waals surface area contributed by atoms with E-state index < -0.39 is 12.1 Å². The molecule has 37 heavy (non-hydrogen) atoms. The van der Waals surface area contributed by atoms with Crippen molar-refractivity contribution in [2.45, 2.75) is 57.5 Å². The molecule has 1 aromatic carbocycles. The molecule has 3 heterocycles. The zero-order valence-electron chi connectivity index (χ0n) is 21.4. The molecule has 0 spiro atoms. The van der Waals surface area contributed by atoms with Crippen molar-refractivity contribution in [1.82, 2.24) is 14.9 Å². The Morgan fingerprint density at radius 2 is 2.00 bits per heavy atom. The molecule has 198 valence electrons. The number of hydrogen-bond donors (Lipinski definition) is 2. The van der Waals surface area contributed by atoms with Crippen LogP contribution in [0.15, 0.2) is 48.8 Å². The monoisotopic (exact) mass is 525 g/mol. The number of aliphatic hydroxyl groups is 1. The number of likely N-dealkylation sites (tertiary alicyclic amines) is 1. The van der Waals surface area contributed by atoms with Gasteiger partial charge in [0.05, 0.1) is 30.2 Å². The Balaban J connectivity index is 1.35. The quantitative estimate of drug-likeness (QED) is 0.293. The van der Waals surface area contributed by atoms with E-state index in [2.05, 4.69) is 20.9 Å². The predicted octanol–water partition coefficient (Wildman–Crippen LogP) is 5.69. The van der Waals surface area contributed by atoms with Gasteiger partial charge in [-0.2, -0.15) is 0 Å². The van der Waals surface area contributed by atoms with Crippen LogP contribution >= 0.6 is 11.6 Å². The van der Waals surface area contributed by atoms with Gasteiger partial charge in [0, 0.05) is 29.0 Å². The van der Waals surface area contributed by atoms with Crippen LogP contribution in [0.2, 0.25) is 5.02 Å². The van der Waals surface area contributed by atoms with Gasteiger partial charge in [0.1, 0.15) is 5.75 Å². The van der Waals surface area contributed by atoms with Gasteiger partial charge in [0.25, 0.3) is 0 Å². The van der Waals surface area contributed by atoms with Crippen LogP contribution in [-0.4, -0.2) is 57.8 Å². The number of pyridine rings is 2. The zero-order valence-corrected chi connectivity index (χ0v) is 22.2. The number of aliphatic carboxylic acids is 1. The van der Waals surface area contributed by atoms with Crippen molar-refractivity contribution in [2.24, 2.45) is 5.41 Å². The number of aliphatic hydroxyl groups excluding tert-OH is 1. The maximum Gasteiger partial charge on any atom is 0.303 e. The highest BCUT2D eigenvalue weighted by Crippen LogP contribution is 2.43. The molecule has 3 aromatic rings. The third kappa shape index (κ3) is 7.18. The largest absolute Gasteiger partial charge is 0.497 e. The van der Waals surface area contributed by atoms with Crippen LogP contribution in [-0.2, 0) is 11.2 Å². The lowest BCUT2D eigenvalue weighted by Crippen LogP contribution is -2.41. The number of hydrogen-bond acceptors (Lipinski definition) is 6. The van der Waals surface area contributed by atoms with Crippen molar-refractivity contribution in [3.8, 4) is 5.75 Å². The summed E-state index contributed by atoms with van der Waals surface area (Å²) < 4.78 is 5.35. The summed E-state index contributed by atoms with van der Waals surface area (Å²) in [5.41, 5.74) is 2.16. The Hall–Kier alpha value is -2.74. The van der Waals surface area contributed by atoms with Gasteiger partial charge >= 0.3 is 5.97 Å². The summed E-state index contributed by atoms with van der Waals surface area (Å²) in [7, 11) is 1.60. The second-order valence-electron chi connectivity index (χ2n) is 10.1. The molecule has 2 aromatic heterocycles. The van der Waals surface area contributed by atoms with Crippen LogP contribution < -0.4 is 4.74 Å². The summed E-state index contributed by atoms with van der Waals surface area (Å²) in [6.45, 7) is 2.77. The Bertz CT molecular complexity index is 1180. The molecule has 1 unspecified atom stereocenters. The molecule has 1 fully saturated rings. The minimum atomic E-state index is -0.819. The van der Waals surface area contributed by atoms with Gasteiger partial charge in [0.2, 0.25) is 0 Å². The van der Waals surface area contributed by atoms with E-state index in [1.165, 1.54) is 0 Å². The number of halogens is 1. The van der Waals surface area contributed by atoms with Gasteiger partial charge in [-0.1, -0.05) is 17.7 Å². The van der Waals surface area contributed by atoms with Crippen LogP contribution in [0.4, 0.5) is 0 Å². The van der Waals surface area contributed by atoms with Crippen LogP contribution in [0, 0.1) is 5.41 Å². The summed E-state index contributed by atoms with van der Waals surface area (Å²) >= 11 is 6.48. The summed E-state index contributed by atoms with van der Waals surface area (Å²) in [5.74, 6) is -0.116. The van der Waals surface area contributed by atoms with Crippen LogP contribution in [0.25, 0.3) is 10.9 Å². The highest BCUT2D eigenvalue weighted by atomic mass is 35.5. The Morgan fingerprint density at radius 3 is 2.70 bits per heavy atom. The first-order valence-electron chi connectivity index (χ1n) is 13.0. The van der Waals surface area contributed by atoms with Gasteiger partial charge in [-0.05, 0) is 100 Å². The highest BCUT2D eigenvalue weighted by molar-refractivity contribution is 6.32. The van der Waals surface area contributed by atoms with Crippen molar-refractivity contribution < 1.29 is 19.7 Å². The lowest BCUT2D eigenvalue weighted by molar-refractivity contribution is -0.141. The number of carbonyl (C=O) groups is 1. The summed E-state index contributed by atoms with van der Waals surface area (Å²) in [4.78, 5) is 23.0. The molecule has 0 bridgehead atoms. The topological polar surface area (TPSA) is 95.8 Å². The molecular weight excluding hydrogens is 490 g/mol. The minimum Gasteiger partial charge on any atom is -0.497 e. The molecule has 8 heteroatoms. The molecule has 0 radical (unpaired) electrons. The van der Waals surface area contributed by atoms with E-state index in [1.807, 2.05) is 36.5 Å². The third-order valence-corrected chi connectivity index (χ3v) is 7.98. The number of fused-ring (bicyclic) bond motifs is 1. The summed E-state index contributed by atoms with van der Waals surface area (Å²) in [6, 6.07) is 11.5. The molecule has 1 saturated heterocycles. The molecule has 2 N–H and O–H groups in total. The number of rotatable bonds is 12. The number of carboxylic acid groups (broad SMARTS) is 1. The number of aromatic nitrogens is 2. The summed E-state index contributed by atoms with van der Waals surface area (Å²) in [6.07, 6.45) is 8.54. The fourth-order valence-electron chi connectivity index (χ4n) is 5.50. The van der Waals surface area contributed by atoms with E-state index in [0.29, 0.717) is 29.2 Å². The van der Waals surface area contributed by atoms with E-state index in [-0.39, 0.29) is 11.8 Å². The highest BCUT2D eigenvalue weighted by Gasteiger charge is 2.37. The molecule has 0 saturated carbocycles. The first kappa shape index (κ1) is 27.3. The zero-order chi connectivity index (χ0) is 26.3. The number of benzene rings is 1. The van der Waals surface area contributed by atoms with E-state index in [1.54, 1.807) is 13.3 Å². The molecule has 1 atom stereocenters. The smallest absolute Gasteiger partial charge is 0.303 e. The number of unbranched alkanes of at least 4 members (excludes halogenated alkanes) is 1. The second kappa shape index (κ2) is 12.7. The van der Waals surface area contributed by atoms with E-state index in [9.17, 15) is 15.0 Å². The fourth-order valence-corrected chi connectivity index (χ4v) is 5.77. The number of nitrogens with zero attached hydrogens (tertiary/aromatic N) is 3. The molecule has 1 aliphatic rings. The van der Waals surface area contributed by atoms with Crippen molar-refractivity contribution in [3.05, 3.63) is 65.1 Å².